The molecule has 98 valence electrons. The molecule has 17 heavy (non-hydrogen) atoms. The Morgan fingerprint density at radius 2 is 1.88 bits per heavy atom. The lowest BCUT2D eigenvalue weighted by atomic mass is 9.82. The number of rotatable bonds is 5. The van der Waals surface area contributed by atoms with Crippen LogP contribution < -0.4 is 0 Å². The average molecular weight is 264 g/mol. The molecule has 0 spiro atoms. The molecule has 0 radical (unpaired) electrons. The van der Waals surface area contributed by atoms with Crippen molar-refractivity contribution in [2.75, 3.05) is 19.0 Å². The molecule has 0 aromatic carbocycles. The van der Waals surface area contributed by atoms with Crippen LogP contribution in [-0.2, 0) is 4.79 Å². The largest absolute Gasteiger partial charge is 0.481 e. The third-order valence-electron chi connectivity index (χ3n) is 3.35. The van der Waals surface area contributed by atoms with Crippen LogP contribution in [0.25, 0.3) is 0 Å². The first-order valence-electron chi connectivity index (χ1n) is 5.83. The van der Waals surface area contributed by atoms with E-state index in [0.29, 0.717) is 44.7 Å². The van der Waals surface area contributed by atoms with E-state index in [0.717, 1.165) is 0 Å². The molecule has 1 fully saturated rings. The quantitative estimate of drug-likeness (QED) is 0.745. The fraction of sp³-hybridized carbons (Fsp3) is 0.818. The van der Waals surface area contributed by atoms with E-state index in [-0.39, 0.29) is 11.8 Å². The number of halogens is 1. The number of likely N-dealkylation sites (tertiary alicyclic amines) is 1. The summed E-state index contributed by atoms with van der Waals surface area (Å²) in [6.07, 6.45) is 1.61. The van der Waals surface area contributed by atoms with Crippen molar-refractivity contribution in [3.05, 3.63) is 0 Å². The van der Waals surface area contributed by atoms with Crippen LogP contribution in [-0.4, -0.2) is 46.1 Å². The van der Waals surface area contributed by atoms with Gasteiger partial charge in [0, 0.05) is 19.0 Å². The van der Waals surface area contributed by atoms with Crippen molar-refractivity contribution in [3.8, 4) is 0 Å². The molecule has 1 atom stereocenters. The minimum absolute atomic E-state index is 0.0753. The molecule has 0 aromatic heterocycles. The monoisotopic (exact) mass is 263 g/mol. The zero-order valence-electron chi connectivity index (χ0n) is 9.64. The molecule has 0 bridgehead atoms. The van der Waals surface area contributed by atoms with Gasteiger partial charge in [-0.2, -0.15) is 0 Å². The van der Waals surface area contributed by atoms with E-state index in [4.69, 9.17) is 21.8 Å². The third kappa shape index (κ3) is 4.07. The van der Waals surface area contributed by atoms with Crippen molar-refractivity contribution in [2.24, 2.45) is 11.8 Å². The molecular weight excluding hydrogens is 246 g/mol. The van der Waals surface area contributed by atoms with Crippen molar-refractivity contribution in [1.29, 1.82) is 0 Å². The van der Waals surface area contributed by atoms with Crippen molar-refractivity contribution in [3.63, 3.8) is 0 Å². The molecule has 1 unspecified atom stereocenters. The van der Waals surface area contributed by atoms with E-state index >= 15 is 0 Å². The first-order chi connectivity index (χ1) is 8.06. The molecule has 1 rings (SSSR count). The number of hydrogen-bond donors (Lipinski definition) is 2. The minimum Gasteiger partial charge on any atom is -0.481 e. The highest BCUT2D eigenvalue weighted by molar-refractivity contribution is 6.17. The Hall–Kier alpha value is -0.970. The molecule has 1 aliphatic rings. The van der Waals surface area contributed by atoms with Gasteiger partial charge in [-0.15, -0.1) is 11.6 Å². The summed E-state index contributed by atoms with van der Waals surface area (Å²) >= 11 is 5.58. The minimum atomic E-state index is -0.920. The Morgan fingerprint density at radius 1 is 1.29 bits per heavy atom. The number of piperidine rings is 1. The number of carbonyl (C=O) groups is 2. The smallest absolute Gasteiger partial charge is 0.407 e. The van der Waals surface area contributed by atoms with Gasteiger partial charge >= 0.3 is 12.1 Å². The summed E-state index contributed by atoms with van der Waals surface area (Å²) in [5.74, 6) is -0.627. The zero-order chi connectivity index (χ0) is 12.8. The molecule has 0 aromatic rings. The van der Waals surface area contributed by atoms with E-state index in [1.807, 2.05) is 0 Å². The van der Waals surface area contributed by atoms with Gasteiger partial charge in [0.1, 0.15) is 0 Å². The number of carboxylic acid groups (broad SMARTS) is 2. The molecule has 5 nitrogen and oxygen atoms in total. The second-order valence-corrected chi connectivity index (χ2v) is 4.76. The molecule has 1 heterocycles. The fourth-order valence-corrected chi connectivity index (χ4v) is 2.51. The molecule has 2 N–H and O–H groups in total. The molecule has 0 aliphatic carbocycles. The van der Waals surface area contributed by atoms with Crippen LogP contribution in [0, 0.1) is 11.8 Å². The molecule has 1 amide bonds. The highest BCUT2D eigenvalue weighted by Gasteiger charge is 2.31. The second-order valence-electron chi connectivity index (χ2n) is 4.38. The summed E-state index contributed by atoms with van der Waals surface area (Å²) in [6.45, 7) is 0.870. The Bertz CT molecular complexity index is 277. The Labute approximate surface area is 105 Å². The molecule has 1 aliphatic heterocycles. The van der Waals surface area contributed by atoms with Crippen molar-refractivity contribution >= 4 is 23.7 Å². The van der Waals surface area contributed by atoms with E-state index in [1.54, 1.807) is 0 Å². The molecule has 6 heteroatoms. The van der Waals surface area contributed by atoms with Gasteiger partial charge in [0.25, 0.3) is 0 Å². The average Bonchev–Trinajstić information content (AvgIpc) is 2.29. The predicted octanol–water partition coefficient (Wildman–Crippen LogP) is 2.10. The van der Waals surface area contributed by atoms with Crippen LogP contribution >= 0.6 is 11.6 Å². The summed E-state index contributed by atoms with van der Waals surface area (Å²) in [4.78, 5) is 23.2. The van der Waals surface area contributed by atoms with E-state index in [1.165, 1.54) is 4.90 Å². The predicted molar refractivity (Wildman–Crippen MR) is 63.4 cm³/mol. The highest BCUT2D eigenvalue weighted by Crippen LogP contribution is 2.28. The first-order valence-corrected chi connectivity index (χ1v) is 6.36. The lowest BCUT2D eigenvalue weighted by Gasteiger charge is -2.33. The van der Waals surface area contributed by atoms with Gasteiger partial charge in [0.2, 0.25) is 0 Å². The molecular formula is C11H18ClNO4. The Kier molecular flexibility index (Phi) is 5.55. The van der Waals surface area contributed by atoms with Gasteiger partial charge in [-0.3, -0.25) is 4.79 Å². The zero-order valence-corrected chi connectivity index (χ0v) is 10.4. The van der Waals surface area contributed by atoms with Gasteiger partial charge in [0.15, 0.2) is 0 Å². The highest BCUT2D eigenvalue weighted by atomic mass is 35.5. The topological polar surface area (TPSA) is 77.8 Å². The van der Waals surface area contributed by atoms with Crippen LogP contribution in [0.2, 0.25) is 0 Å². The van der Waals surface area contributed by atoms with Crippen LogP contribution in [0.3, 0.4) is 0 Å². The maximum atomic E-state index is 11.1. The summed E-state index contributed by atoms with van der Waals surface area (Å²) < 4.78 is 0. The molecule has 0 saturated carbocycles. The van der Waals surface area contributed by atoms with E-state index < -0.39 is 12.1 Å². The van der Waals surface area contributed by atoms with Crippen LogP contribution in [0.4, 0.5) is 4.79 Å². The van der Waals surface area contributed by atoms with Gasteiger partial charge in [-0.1, -0.05) is 0 Å². The lowest BCUT2D eigenvalue weighted by Crippen LogP contribution is -2.40. The van der Waals surface area contributed by atoms with Gasteiger partial charge in [0.05, 0.1) is 5.92 Å². The van der Waals surface area contributed by atoms with Crippen LogP contribution in [0.1, 0.15) is 25.7 Å². The summed E-state index contributed by atoms with van der Waals surface area (Å²) in [6, 6.07) is 0. The van der Waals surface area contributed by atoms with E-state index in [2.05, 4.69) is 0 Å². The van der Waals surface area contributed by atoms with E-state index in [9.17, 15) is 9.59 Å². The number of carboxylic acids is 1. The second kappa shape index (κ2) is 6.69. The SMILES string of the molecule is O=C(O)C(CCCCl)C1CCN(C(=O)O)CC1. The summed E-state index contributed by atoms with van der Waals surface area (Å²) in [5.41, 5.74) is 0. The van der Waals surface area contributed by atoms with Crippen molar-refractivity contribution < 1.29 is 19.8 Å². The Balaban J connectivity index is 2.48. The normalized spacial score (nSPS) is 19.0. The fourth-order valence-electron chi connectivity index (χ4n) is 2.35. The van der Waals surface area contributed by atoms with Crippen LogP contribution in [0.15, 0.2) is 0 Å². The van der Waals surface area contributed by atoms with Crippen molar-refractivity contribution in [2.45, 2.75) is 25.7 Å². The van der Waals surface area contributed by atoms with Crippen molar-refractivity contribution in [1.82, 2.24) is 4.90 Å². The number of amides is 1. The summed E-state index contributed by atoms with van der Waals surface area (Å²) in [7, 11) is 0. The number of nitrogens with zero attached hydrogens (tertiary/aromatic N) is 1. The third-order valence-corrected chi connectivity index (χ3v) is 3.61. The van der Waals surface area contributed by atoms with Crippen LogP contribution in [0.5, 0.6) is 0 Å². The standard InChI is InChI=1S/C11H18ClNO4/c12-5-1-2-9(10(14)15)8-3-6-13(7-4-8)11(16)17/h8-9H,1-7H2,(H,14,15)(H,16,17). The maximum absolute atomic E-state index is 11.1. The number of aliphatic carboxylic acids is 1. The summed E-state index contributed by atoms with van der Waals surface area (Å²) in [5, 5.41) is 18.0. The lowest BCUT2D eigenvalue weighted by molar-refractivity contribution is -0.144. The molecule has 1 saturated heterocycles. The van der Waals surface area contributed by atoms with Gasteiger partial charge in [-0.25, -0.2) is 4.79 Å². The maximum Gasteiger partial charge on any atom is 0.407 e. The van der Waals surface area contributed by atoms with Gasteiger partial charge < -0.3 is 15.1 Å². The number of hydrogen-bond acceptors (Lipinski definition) is 2. The number of alkyl halides is 1. The first kappa shape index (κ1) is 14.1. The van der Waals surface area contributed by atoms with Gasteiger partial charge in [-0.05, 0) is 31.6 Å². The Morgan fingerprint density at radius 3 is 2.29 bits per heavy atom.